The van der Waals surface area contributed by atoms with Crippen molar-refractivity contribution in [3.8, 4) is 11.4 Å². The first-order valence-corrected chi connectivity index (χ1v) is 32.4. The first-order valence-electron chi connectivity index (χ1n) is 32.4. The predicted molar refractivity (Wildman–Crippen MR) is 347 cm³/mol. The Morgan fingerprint density at radius 3 is 2.12 bits per heavy atom. The molecule has 32 nitrogen and oxygen atoms in total. The number of ether oxygens (including phenoxy) is 7. The number of aromatic nitrogens is 2. The Bertz CT molecular complexity index is 3610. The van der Waals surface area contributed by atoms with E-state index in [4.69, 9.17) is 49.6 Å². The van der Waals surface area contributed by atoms with Crippen molar-refractivity contribution in [3.05, 3.63) is 91.5 Å². The van der Waals surface area contributed by atoms with Crippen molar-refractivity contribution in [1.29, 1.82) is 0 Å². The molecule has 0 bridgehead atoms. The molecule has 4 heterocycles. The summed E-state index contributed by atoms with van der Waals surface area (Å²) in [5.74, 6) is -7.06. The van der Waals surface area contributed by atoms with Gasteiger partial charge in [0.25, 0.3) is 5.56 Å². The summed E-state index contributed by atoms with van der Waals surface area (Å²) >= 11 is 0. The van der Waals surface area contributed by atoms with Gasteiger partial charge in [-0.2, -0.15) is 0 Å². The summed E-state index contributed by atoms with van der Waals surface area (Å²) < 4.78 is 54.4. The molecule has 0 unspecified atom stereocenters. The minimum Gasteiger partial charge on any atom is -0.481 e. The summed E-state index contributed by atoms with van der Waals surface area (Å²) in [5, 5.41) is 42.1. The number of rotatable bonds is 40. The van der Waals surface area contributed by atoms with Crippen molar-refractivity contribution >= 4 is 76.1 Å². The molecule has 0 radical (unpaired) electrons. The Balaban J connectivity index is 0.848. The topological polar surface area (TPSA) is 459 Å². The SMILES string of the molecule is CC[C@@]1(O)C(=O)OCc2c1cc1n(c2=O)Cc2c-1nc1cc(F)c(C)c3c1c2[C@@H](NC(=O)COCNC(=O)CNC(=O)OCc1ccc(NC(=O)[C@H](CCCNC(N)=O)NC(=O)[C@@H](NC(=O)[C@@H](CCCC(=O)O)NC(=O)CCOCCOCCOCCOCCN)C(C)C)cc1)CC3. The summed E-state index contributed by atoms with van der Waals surface area (Å²) in [7, 11) is 0. The summed E-state index contributed by atoms with van der Waals surface area (Å²) in [6.07, 6.45) is -0.625. The van der Waals surface area contributed by atoms with Crippen molar-refractivity contribution in [1.82, 2.24) is 46.8 Å². The summed E-state index contributed by atoms with van der Waals surface area (Å²) in [6.45, 7) is 7.31. The number of carboxylic acid groups (broad SMARTS) is 1. The van der Waals surface area contributed by atoms with Crippen molar-refractivity contribution < 1.29 is 95.7 Å². The molecule has 2 aromatic carbocycles. The van der Waals surface area contributed by atoms with Gasteiger partial charge in [-0.15, -0.1) is 0 Å². The zero-order chi connectivity index (χ0) is 71.1. The smallest absolute Gasteiger partial charge is 0.407 e. The van der Waals surface area contributed by atoms with Gasteiger partial charge in [0.1, 0.15) is 57.0 Å². The molecule has 4 aromatic rings. The van der Waals surface area contributed by atoms with Crippen LogP contribution in [0.3, 0.4) is 0 Å². The number of fused-ring (bicyclic) bond motifs is 5. The van der Waals surface area contributed by atoms with Crippen LogP contribution in [0.1, 0.15) is 117 Å². The highest BCUT2D eigenvalue weighted by atomic mass is 19.1. The number of pyridine rings is 2. The van der Waals surface area contributed by atoms with Crippen molar-refractivity contribution in [2.45, 2.75) is 135 Å². The van der Waals surface area contributed by atoms with Gasteiger partial charge in [-0.25, -0.2) is 23.8 Å². The zero-order valence-corrected chi connectivity index (χ0v) is 55.2. The Morgan fingerprint density at radius 1 is 0.786 bits per heavy atom. The fourth-order valence-corrected chi connectivity index (χ4v) is 11.4. The van der Waals surface area contributed by atoms with Crippen molar-refractivity contribution in [2.75, 3.05) is 91.1 Å². The molecule has 0 saturated carbocycles. The highest BCUT2D eigenvalue weighted by molar-refractivity contribution is 5.99. The Hall–Kier alpha value is -9.25. The first-order chi connectivity index (χ1) is 46.9. The van der Waals surface area contributed by atoms with E-state index in [0.29, 0.717) is 103 Å². The molecule has 9 amide bonds. The van der Waals surface area contributed by atoms with E-state index in [2.05, 4.69) is 42.5 Å². The fraction of sp³-hybridized carbons (Fsp3) is 0.538. The first kappa shape index (κ1) is 76.1. The van der Waals surface area contributed by atoms with E-state index in [1.54, 1.807) is 33.8 Å². The molecule has 534 valence electrons. The summed E-state index contributed by atoms with van der Waals surface area (Å²) in [5.41, 5.74) is 12.4. The average Bonchev–Trinajstić information content (AvgIpc) is 1.50. The molecule has 1 aliphatic carbocycles. The van der Waals surface area contributed by atoms with Crippen LogP contribution in [0.25, 0.3) is 22.3 Å². The maximum Gasteiger partial charge on any atom is 0.407 e. The lowest BCUT2D eigenvalue weighted by atomic mass is 9.81. The number of aliphatic carboxylic acids is 1. The van der Waals surface area contributed by atoms with Gasteiger partial charge in [0.05, 0.1) is 87.9 Å². The number of nitrogens with one attached hydrogen (secondary N) is 8. The number of alkyl carbamates (subject to hydrolysis) is 1. The molecule has 7 rings (SSSR count). The van der Waals surface area contributed by atoms with Gasteiger partial charge in [-0.1, -0.05) is 32.9 Å². The third-order valence-electron chi connectivity index (χ3n) is 16.5. The lowest BCUT2D eigenvalue weighted by Crippen LogP contribution is -2.57. The van der Waals surface area contributed by atoms with Crippen LogP contribution in [0, 0.1) is 18.7 Å². The second-order valence-electron chi connectivity index (χ2n) is 23.8. The molecule has 0 saturated heterocycles. The van der Waals surface area contributed by atoms with E-state index >= 15 is 4.39 Å². The van der Waals surface area contributed by atoms with Gasteiger partial charge in [-0.05, 0) is 98.2 Å². The van der Waals surface area contributed by atoms with Crippen molar-refractivity contribution in [2.24, 2.45) is 17.4 Å². The number of amides is 9. The molecule has 5 atom stereocenters. The molecule has 33 heteroatoms. The van der Waals surface area contributed by atoms with Gasteiger partial charge in [0.2, 0.25) is 35.4 Å². The molecule has 0 fully saturated rings. The molecular weight excluding hydrogens is 1290 g/mol. The van der Waals surface area contributed by atoms with Crippen LogP contribution in [0.2, 0.25) is 0 Å². The highest BCUT2D eigenvalue weighted by Crippen LogP contribution is 2.46. The van der Waals surface area contributed by atoms with E-state index in [0.717, 1.165) is 0 Å². The van der Waals surface area contributed by atoms with Crippen LogP contribution >= 0.6 is 0 Å². The van der Waals surface area contributed by atoms with Gasteiger partial charge >= 0.3 is 24.1 Å². The minimum atomic E-state index is -2.07. The van der Waals surface area contributed by atoms with E-state index in [9.17, 15) is 63.0 Å². The number of urea groups is 1. The number of aryl methyl sites for hydroxylation is 1. The fourth-order valence-electron chi connectivity index (χ4n) is 11.4. The number of aliphatic hydroxyl groups is 1. The van der Waals surface area contributed by atoms with Crippen LogP contribution in [-0.2, 0) is 103 Å². The normalized spacial score (nSPS) is 15.9. The molecular formula is C65H87FN12O20. The minimum absolute atomic E-state index is 0.00927. The number of carboxylic acids is 1. The van der Waals surface area contributed by atoms with E-state index in [-0.39, 0.29) is 108 Å². The van der Waals surface area contributed by atoms with E-state index < -0.39 is 126 Å². The number of hydrogen-bond acceptors (Lipinski definition) is 21. The lowest BCUT2D eigenvalue weighted by Gasteiger charge is -2.31. The lowest BCUT2D eigenvalue weighted by molar-refractivity contribution is -0.172. The number of benzene rings is 2. The zero-order valence-electron chi connectivity index (χ0n) is 55.2. The van der Waals surface area contributed by atoms with Gasteiger partial charge in [0, 0.05) is 54.2 Å². The number of nitrogens with two attached hydrogens (primary N) is 2. The number of carbonyl (C=O) groups is 10. The summed E-state index contributed by atoms with van der Waals surface area (Å²) in [4.78, 5) is 148. The second-order valence-corrected chi connectivity index (χ2v) is 23.8. The molecule has 2 aliphatic heterocycles. The number of halogens is 1. The van der Waals surface area contributed by atoms with Gasteiger partial charge < -0.3 is 102 Å². The number of esters is 1. The number of nitrogens with zero attached hydrogens (tertiary/aromatic N) is 2. The number of carbonyl (C=O) groups excluding carboxylic acids is 9. The Kier molecular flexibility index (Phi) is 28.7. The number of anilines is 1. The largest absolute Gasteiger partial charge is 0.481 e. The highest BCUT2D eigenvalue weighted by Gasteiger charge is 2.46. The van der Waals surface area contributed by atoms with Crippen LogP contribution < -0.4 is 59.6 Å². The molecule has 98 heavy (non-hydrogen) atoms. The van der Waals surface area contributed by atoms with Gasteiger partial charge in [0.15, 0.2) is 5.60 Å². The average molecular weight is 1380 g/mol. The van der Waals surface area contributed by atoms with E-state index in [1.165, 1.54) is 34.9 Å². The van der Waals surface area contributed by atoms with Crippen LogP contribution in [0.5, 0.6) is 0 Å². The number of hydrogen-bond donors (Lipinski definition) is 12. The Labute approximate surface area is 563 Å². The summed E-state index contributed by atoms with van der Waals surface area (Å²) in [6, 6.07) is 3.77. The quantitative estimate of drug-likeness (QED) is 0.0147. The predicted octanol–water partition coefficient (Wildman–Crippen LogP) is 0.815. The van der Waals surface area contributed by atoms with Crippen molar-refractivity contribution in [3.63, 3.8) is 0 Å². The van der Waals surface area contributed by atoms with Gasteiger partial charge in [-0.3, -0.25) is 38.4 Å². The third kappa shape index (κ3) is 20.9. The number of cyclic esters (lactones) is 1. The molecule has 0 spiro atoms. The molecule has 2 aromatic heterocycles. The monoisotopic (exact) mass is 1370 g/mol. The third-order valence-corrected chi connectivity index (χ3v) is 16.5. The van der Waals surface area contributed by atoms with Crippen LogP contribution in [-0.4, -0.2) is 183 Å². The maximum absolute atomic E-state index is 15.4. The standard InChI is InChI=1S/C65H87FN12O20/c1-5-65(91)43-28-49-57-41(31-78(49)61(87)42(43)33-97-62(65)88)55-45(16-15-40-37(4)44(66)29-48(75-57)54(40)55)73-52(81)34-96-35-71-51(80)30-70-64(90)98-32-38-11-13-39(14-12-38)72-58(84)47(9-7-19-69-63(68)89)76-60(86)56(36(2)3)77-59(85)46(8-6-10-53(82)83)74-50(79)17-20-92-22-24-94-26-27-95-25-23-93-21-18-67/h11-14,28-29,36,45-47,56,91H,5-10,15-27,30-35,67H2,1-4H3,(H,70,90)(H,71,80)(H,72,84)(H,73,81)(H,74,79)(H,76,86)(H,77,85)(H,82,83)(H3,68,69,89)/t45-,46+,47-,56-,65-/m0/s1. The molecule has 14 N–H and O–H groups in total. The second kappa shape index (κ2) is 36.9. The molecule has 3 aliphatic rings. The van der Waals surface area contributed by atoms with Crippen LogP contribution in [0.15, 0.2) is 41.2 Å². The van der Waals surface area contributed by atoms with E-state index in [1.807, 2.05) is 0 Å². The number of primary amides is 1. The Morgan fingerprint density at radius 2 is 1.46 bits per heavy atom. The van der Waals surface area contributed by atoms with Crippen LogP contribution in [0.4, 0.5) is 19.7 Å². The maximum atomic E-state index is 15.4.